The van der Waals surface area contributed by atoms with E-state index in [1.807, 2.05) is 31.3 Å². The number of rotatable bonds is 8. The molecule has 0 atom stereocenters. The Morgan fingerprint density at radius 2 is 1.23 bits per heavy atom. The number of nitrogens with one attached hydrogen (secondary N) is 1. The minimum Gasteiger partial charge on any atom is -0.492 e. The maximum atomic E-state index is 5.82. The topological polar surface area (TPSA) is 24.5 Å². The molecule has 0 saturated carbocycles. The molecule has 0 heterocycles. The summed E-state index contributed by atoms with van der Waals surface area (Å²) in [6, 6.07) is 37.8. The summed E-state index contributed by atoms with van der Waals surface area (Å²) in [7, 11) is 1.93. The lowest BCUT2D eigenvalue weighted by molar-refractivity contribution is 0.318. The van der Waals surface area contributed by atoms with Crippen molar-refractivity contribution in [3.8, 4) is 16.9 Å². The van der Waals surface area contributed by atoms with Crippen molar-refractivity contribution in [2.24, 2.45) is 0 Å². The van der Waals surface area contributed by atoms with E-state index in [2.05, 4.69) is 95.1 Å². The summed E-state index contributed by atoms with van der Waals surface area (Å²) in [5, 5.41) is 3.10. The van der Waals surface area contributed by atoms with Gasteiger partial charge in [-0.2, -0.15) is 0 Å². The van der Waals surface area contributed by atoms with Gasteiger partial charge in [-0.05, 0) is 66.7 Å². The van der Waals surface area contributed by atoms with E-state index in [0.717, 1.165) is 34.9 Å². The van der Waals surface area contributed by atoms with Gasteiger partial charge in [0.2, 0.25) is 0 Å². The van der Waals surface area contributed by atoms with E-state index < -0.39 is 0 Å². The number of hydrogen-bond acceptors (Lipinski definition) is 3. The average molecular weight is 395 g/mol. The van der Waals surface area contributed by atoms with E-state index in [0.29, 0.717) is 6.61 Å². The van der Waals surface area contributed by atoms with Gasteiger partial charge in [0, 0.05) is 23.6 Å². The van der Waals surface area contributed by atoms with Crippen LogP contribution in [0.1, 0.15) is 0 Å². The lowest BCUT2D eigenvalue weighted by Crippen LogP contribution is -2.15. The van der Waals surface area contributed by atoms with Gasteiger partial charge in [-0.1, -0.05) is 60.7 Å². The number of benzene rings is 4. The number of ether oxygens (including phenoxy) is 1. The van der Waals surface area contributed by atoms with E-state index in [-0.39, 0.29) is 0 Å². The third-order valence-corrected chi connectivity index (χ3v) is 4.94. The van der Waals surface area contributed by atoms with E-state index in [4.69, 9.17) is 4.74 Å². The maximum absolute atomic E-state index is 5.82. The molecule has 0 aliphatic heterocycles. The molecular formula is C27H26N2O. The Morgan fingerprint density at radius 3 is 1.83 bits per heavy atom. The van der Waals surface area contributed by atoms with E-state index in [9.17, 15) is 0 Å². The molecule has 4 aromatic carbocycles. The summed E-state index contributed by atoms with van der Waals surface area (Å²) in [6.07, 6.45) is 0. The monoisotopic (exact) mass is 394 g/mol. The SMILES string of the molecule is CNCCOc1cccc(-c2ccc(N(c3ccccc3)c3ccccc3)cc2)c1. The van der Waals surface area contributed by atoms with Crippen molar-refractivity contribution in [3.63, 3.8) is 0 Å². The first-order valence-corrected chi connectivity index (χ1v) is 10.2. The van der Waals surface area contributed by atoms with Crippen molar-refractivity contribution in [1.29, 1.82) is 0 Å². The van der Waals surface area contributed by atoms with Crippen LogP contribution in [0, 0.1) is 0 Å². The summed E-state index contributed by atoms with van der Waals surface area (Å²) in [4.78, 5) is 2.26. The van der Waals surface area contributed by atoms with Crippen LogP contribution >= 0.6 is 0 Å². The lowest BCUT2D eigenvalue weighted by Gasteiger charge is -2.25. The zero-order valence-corrected chi connectivity index (χ0v) is 17.2. The second kappa shape index (κ2) is 9.77. The van der Waals surface area contributed by atoms with Gasteiger partial charge in [-0.15, -0.1) is 0 Å². The van der Waals surface area contributed by atoms with Gasteiger partial charge in [0.15, 0.2) is 0 Å². The predicted molar refractivity (Wildman–Crippen MR) is 126 cm³/mol. The van der Waals surface area contributed by atoms with E-state index in [1.54, 1.807) is 0 Å². The number of para-hydroxylation sites is 2. The van der Waals surface area contributed by atoms with Gasteiger partial charge in [-0.3, -0.25) is 0 Å². The van der Waals surface area contributed by atoms with Gasteiger partial charge in [0.1, 0.15) is 12.4 Å². The highest BCUT2D eigenvalue weighted by Crippen LogP contribution is 2.35. The molecule has 0 unspecified atom stereocenters. The van der Waals surface area contributed by atoms with Crippen LogP contribution in [0.4, 0.5) is 17.1 Å². The van der Waals surface area contributed by atoms with Crippen LogP contribution in [0.5, 0.6) is 5.75 Å². The fourth-order valence-electron chi connectivity index (χ4n) is 3.44. The average Bonchev–Trinajstić information content (AvgIpc) is 2.82. The molecule has 0 fully saturated rings. The summed E-state index contributed by atoms with van der Waals surface area (Å²) >= 11 is 0. The number of anilines is 3. The van der Waals surface area contributed by atoms with Crippen molar-refractivity contribution >= 4 is 17.1 Å². The Kier molecular flexibility index (Phi) is 6.43. The van der Waals surface area contributed by atoms with Crippen molar-refractivity contribution in [2.75, 3.05) is 25.1 Å². The van der Waals surface area contributed by atoms with E-state index >= 15 is 0 Å². The molecule has 0 bridgehead atoms. The van der Waals surface area contributed by atoms with Crippen LogP contribution in [-0.2, 0) is 0 Å². The van der Waals surface area contributed by atoms with Crippen LogP contribution in [0.15, 0.2) is 109 Å². The second-order valence-electron chi connectivity index (χ2n) is 7.03. The minimum atomic E-state index is 0.655. The highest BCUT2D eigenvalue weighted by Gasteiger charge is 2.12. The molecule has 0 radical (unpaired) electrons. The normalized spacial score (nSPS) is 10.6. The van der Waals surface area contributed by atoms with Crippen LogP contribution in [-0.4, -0.2) is 20.2 Å². The standard InChI is InChI=1S/C27H26N2O/c1-28-19-20-30-27-14-8-9-23(21-27)22-15-17-26(18-16-22)29(24-10-4-2-5-11-24)25-12-6-3-7-13-25/h2-18,21,28H,19-20H2,1H3. The molecule has 0 aromatic heterocycles. The Balaban J connectivity index is 1.62. The first-order chi connectivity index (χ1) is 14.8. The van der Waals surface area contributed by atoms with Crippen LogP contribution < -0.4 is 15.0 Å². The van der Waals surface area contributed by atoms with Gasteiger partial charge in [0.05, 0.1) is 0 Å². The molecular weight excluding hydrogens is 368 g/mol. The molecule has 0 spiro atoms. The number of hydrogen-bond donors (Lipinski definition) is 1. The van der Waals surface area contributed by atoms with Gasteiger partial charge in [0.25, 0.3) is 0 Å². The van der Waals surface area contributed by atoms with Crippen LogP contribution in [0.25, 0.3) is 11.1 Å². The fourth-order valence-corrected chi connectivity index (χ4v) is 3.44. The van der Waals surface area contributed by atoms with Crippen molar-refractivity contribution in [2.45, 2.75) is 0 Å². The molecule has 30 heavy (non-hydrogen) atoms. The van der Waals surface area contributed by atoms with Crippen LogP contribution in [0.3, 0.4) is 0 Å². The van der Waals surface area contributed by atoms with Crippen molar-refractivity contribution < 1.29 is 4.74 Å². The van der Waals surface area contributed by atoms with Gasteiger partial charge >= 0.3 is 0 Å². The second-order valence-corrected chi connectivity index (χ2v) is 7.03. The molecule has 150 valence electrons. The third kappa shape index (κ3) is 4.70. The fraction of sp³-hybridized carbons (Fsp3) is 0.111. The molecule has 0 amide bonds. The first-order valence-electron chi connectivity index (χ1n) is 10.2. The molecule has 4 aromatic rings. The smallest absolute Gasteiger partial charge is 0.119 e. The molecule has 4 rings (SSSR count). The number of likely N-dealkylation sites (N-methyl/N-ethyl adjacent to an activating group) is 1. The zero-order chi connectivity index (χ0) is 20.6. The summed E-state index contributed by atoms with van der Waals surface area (Å²) in [6.45, 7) is 1.48. The highest BCUT2D eigenvalue weighted by atomic mass is 16.5. The summed E-state index contributed by atoms with van der Waals surface area (Å²) in [5.41, 5.74) is 5.71. The maximum Gasteiger partial charge on any atom is 0.119 e. The third-order valence-electron chi connectivity index (χ3n) is 4.94. The summed E-state index contributed by atoms with van der Waals surface area (Å²) in [5.74, 6) is 0.891. The van der Waals surface area contributed by atoms with Crippen LogP contribution in [0.2, 0.25) is 0 Å². The quantitative estimate of drug-likeness (QED) is 0.349. The van der Waals surface area contributed by atoms with Gasteiger partial charge in [-0.25, -0.2) is 0 Å². The Labute approximate surface area is 178 Å². The Bertz CT molecular complexity index is 1010. The van der Waals surface area contributed by atoms with Crippen molar-refractivity contribution in [3.05, 3.63) is 109 Å². The molecule has 3 nitrogen and oxygen atoms in total. The predicted octanol–water partition coefficient (Wildman–Crippen LogP) is 6.42. The van der Waals surface area contributed by atoms with Crippen molar-refractivity contribution in [1.82, 2.24) is 5.32 Å². The largest absolute Gasteiger partial charge is 0.492 e. The molecule has 0 aliphatic rings. The number of nitrogens with zero attached hydrogens (tertiary/aromatic N) is 1. The van der Waals surface area contributed by atoms with E-state index in [1.165, 1.54) is 5.56 Å². The molecule has 0 aliphatic carbocycles. The molecule has 3 heteroatoms. The molecule has 1 N–H and O–H groups in total. The molecule has 0 saturated heterocycles. The zero-order valence-electron chi connectivity index (χ0n) is 17.2. The van der Waals surface area contributed by atoms with Gasteiger partial charge < -0.3 is 15.0 Å². The highest BCUT2D eigenvalue weighted by molar-refractivity contribution is 5.78. The first kappa shape index (κ1) is 19.7. The minimum absolute atomic E-state index is 0.655. The Hall–Kier alpha value is -3.56. The Morgan fingerprint density at radius 1 is 0.633 bits per heavy atom. The lowest BCUT2D eigenvalue weighted by atomic mass is 10.0. The summed E-state index contributed by atoms with van der Waals surface area (Å²) < 4.78 is 5.82.